The van der Waals surface area contributed by atoms with Gasteiger partial charge in [0.15, 0.2) is 6.10 Å². The number of aryl methyl sites for hydroxylation is 1. The van der Waals surface area contributed by atoms with E-state index in [4.69, 9.17) is 4.74 Å². The summed E-state index contributed by atoms with van der Waals surface area (Å²) >= 11 is 0. The number of nitrogens with zero attached hydrogens (tertiary/aromatic N) is 6. The summed E-state index contributed by atoms with van der Waals surface area (Å²) in [4.78, 5) is 14.1. The van der Waals surface area contributed by atoms with Crippen molar-refractivity contribution in [3.05, 3.63) is 54.9 Å². The SMILES string of the molecule is Cn1cc(CN2CCC(Oc3nccnc3-c3ccncc3)C(F)(F)C2)cn1. The minimum atomic E-state index is -3.01. The Morgan fingerprint density at radius 3 is 2.68 bits per heavy atom. The fraction of sp³-hybridized carbons (Fsp3) is 0.368. The summed E-state index contributed by atoms with van der Waals surface area (Å²) in [6.45, 7) is 0.557. The second kappa shape index (κ2) is 7.59. The molecule has 3 aromatic rings. The highest BCUT2D eigenvalue weighted by molar-refractivity contribution is 5.63. The Morgan fingerprint density at radius 1 is 1.18 bits per heavy atom. The van der Waals surface area contributed by atoms with Gasteiger partial charge >= 0.3 is 0 Å². The van der Waals surface area contributed by atoms with Gasteiger partial charge in [0, 0.05) is 68.7 Å². The van der Waals surface area contributed by atoms with Crippen LogP contribution in [0.3, 0.4) is 0 Å². The molecular weight excluding hydrogens is 366 g/mol. The van der Waals surface area contributed by atoms with Gasteiger partial charge in [0.1, 0.15) is 5.69 Å². The van der Waals surface area contributed by atoms with Gasteiger partial charge in [0.05, 0.1) is 12.7 Å². The van der Waals surface area contributed by atoms with Gasteiger partial charge in [0.2, 0.25) is 5.88 Å². The van der Waals surface area contributed by atoms with E-state index < -0.39 is 12.0 Å². The number of alkyl halides is 2. The number of hydrogen-bond donors (Lipinski definition) is 0. The van der Waals surface area contributed by atoms with Crippen molar-refractivity contribution in [1.82, 2.24) is 29.6 Å². The smallest absolute Gasteiger partial charge is 0.296 e. The highest BCUT2D eigenvalue weighted by Gasteiger charge is 2.46. The molecule has 0 bridgehead atoms. The zero-order chi connectivity index (χ0) is 19.6. The first kappa shape index (κ1) is 18.4. The van der Waals surface area contributed by atoms with Crippen LogP contribution in [-0.4, -0.2) is 54.7 Å². The van der Waals surface area contributed by atoms with Crippen LogP contribution >= 0.6 is 0 Å². The summed E-state index contributed by atoms with van der Waals surface area (Å²) in [7, 11) is 1.81. The standard InChI is InChI=1S/C19H20F2N6O/c1-26-11-14(10-25-26)12-27-9-4-16(19(20,21)13-27)28-18-17(23-7-8-24-18)15-2-5-22-6-3-15/h2-3,5-8,10-11,16H,4,9,12-13H2,1H3. The first-order chi connectivity index (χ1) is 13.5. The van der Waals surface area contributed by atoms with Gasteiger partial charge in [0.25, 0.3) is 5.92 Å². The van der Waals surface area contributed by atoms with E-state index >= 15 is 0 Å². The molecule has 1 unspecified atom stereocenters. The van der Waals surface area contributed by atoms with E-state index in [2.05, 4.69) is 20.1 Å². The Bertz CT molecular complexity index is 933. The van der Waals surface area contributed by atoms with Crippen LogP contribution in [0.2, 0.25) is 0 Å². The van der Waals surface area contributed by atoms with E-state index in [0.717, 1.165) is 11.1 Å². The first-order valence-corrected chi connectivity index (χ1v) is 8.97. The number of rotatable bonds is 5. The number of halogens is 2. The molecule has 0 amide bonds. The summed E-state index contributed by atoms with van der Waals surface area (Å²) in [5, 5.41) is 4.09. The molecule has 4 rings (SSSR count). The van der Waals surface area contributed by atoms with E-state index in [-0.39, 0.29) is 18.8 Å². The molecule has 4 heterocycles. The summed E-state index contributed by atoms with van der Waals surface area (Å²) in [5.41, 5.74) is 2.06. The maximum absolute atomic E-state index is 14.8. The molecule has 0 aliphatic carbocycles. The van der Waals surface area contributed by atoms with Crippen molar-refractivity contribution < 1.29 is 13.5 Å². The zero-order valence-electron chi connectivity index (χ0n) is 15.4. The quantitative estimate of drug-likeness (QED) is 0.671. The van der Waals surface area contributed by atoms with E-state index in [9.17, 15) is 8.78 Å². The lowest BCUT2D eigenvalue weighted by Gasteiger charge is -2.37. The average Bonchev–Trinajstić information content (AvgIpc) is 3.09. The van der Waals surface area contributed by atoms with Gasteiger partial charge < -0.3 is 4.74 Å². The Kier molecular flexibility index (Phi) is 4.99. The predicted octanol–water partition coefficient (Wildman–Crippen LogP) is 2.56. The number of hydrogen-bond acceptors (Lipinski definition) is 6. The molecule has 1 saturated heterocycles. The van der Waals surface area contributed by atoms with E-state index in [1.54, 1.807) is 47.4 Å². The molecule has 28 heavy (non-hydrogen) atoms. The van der Waals surface area contributed by atoms with Crippen LogP contribution in [0.5, 0.6) is 5.88 Å². The van der Waals surface area contributed by atoms with E-state index in [1.807, 2.05) is 6.20 Å². The predicted molar refractivity (Wildman–Crippen MR) is 97.7 cm³/mol. The third-order valence-electron chi connectivity index (χ3n) is 4.65. The summed E-state index contributed by atoms with van der Waals surface area (Å²) < 4.78 is 36.9. The fourth-order valence-electron chi connectivity index (χ4n) is 3.34. The van der Waals surface area contributed by atoms with Crippen molar-refractivity contribution in [3.8, 4) is 17.1 Å². The van der Waals surface area contributed by atoms with E-state index in [1.165, 1.54) is 12.4 Å². The lowest BCUT2D eigenvalue weighted by Crippen LogP contribution is -2.53. The Balaban J connectivity index is 1.48. The van der Waals surface area contributed by atoms with Crippen LogP contribution < -0.4 is 4.74 Å². The van der Waals surface area contributed by atoms with Crippen LogP contribution in [-0.2, 0) is 13.6 Å². The summed E-state index contributed by atoms with van der Waals surface area (Å²) in [6.07, 6.45) is 8.64. The summed E-state index contributed by atoms with van der Waals surface area (Å²) in [5.74, 6) is -2.90. The number of ether oxygens (including phenoxy) is 1. The van der Waals surface area contributed by atoms with E-state index in [0.29, 0.717) is 18.8 Å². The second-order valence-electron chi connectivity index (χ2n) is 6.84. The van der Waals surface area contributed by atoms with Crippen molar-refractivity contribution in [2.24, 2.45) is 7.05 Å². The molecule has 1 aliphatic rings. The molecule has 0 saturated carbocycles. The van der Waals surface area contributed by atoms with Crippen molar-refractivity contribution in [2.45, 2.75) is 25.0 Å². The molecule has 1 aliphatic heterocycles. The maximum atomic E-state index is 14.8. The molecule has 1 atom stereocenters. The normalized spacial score (nSPS) is 19.5. The van der Waals surface area contributed by atoms with Crippen molar-refractivity contribution in [1.29, 1.82) is 0 Å². The molecule has 9 heteroatoms. The highest BCUT2D eigenvalue weighted by atomic mass is 19.3. The molecular formula is C19H20F2N6O. The molecule has 0 aromatic carbocycles. The van der Waals surface area contributed by atoms with Crippen molar-refractivity contribution in [2.75, 3.05) is 13.1 Å². The lowest BCUT2D eigenvalue weighted by atomic mass is 10.0. The molecule has 3 aromatic heterocycles. The number of likely N-dealkylation sites (tertiary alicyclic amines) is 1. The number of piperidine rings is 1. The van der Waals surface area contributed by atoms with Crippen molar-refractivity contribution in [3.63, 3.8) is 0 Å². The third-order valence-corrected chi connectivity index (χ3v) is 4.65. The van der Waals surface area contributed by atoms with Gasteiger partial charge in [-0.1, -0.05) is 0 Å². The van der Waals surface area contributed by atoms with Crippen LogP contribution in [0.4, 0.5) is 8.78 Å². The fourth-order valence-corrected chi connectivity index (χ4v) is 3.34. The minimum Gasteiger partial charge on any atom is -0.466 e. The number of pyridine rings is 1. The van der Waals surface area contributed by atoms with Crippen LogP contribution in [0.1, 0.15) is 12.0 Å². The molecule has 7 nitrogen and oxygen atoms in total. The van der Waals surface area contributed by atoms with Crippen LogP contribution in [0.15, 0.2) is 49.3 Å². The Hall–Kier alpha value is -2.94. The summed E-state index contributed by atoms with van der Waals surface area (Å²) in [6, 6.07) is 3.48. The maximum Gasteiger partial charge on any atom is 0.296 e. The molecule has 0 radical (unpaired) electrons. The molecule has 0 N–H and O–H groups in total. The molecule has 1 fully saturated rings. The average molecular weight is 386 g/mol. The van der Waals surface area contributed by atoms with Crippen LogP contribution in [0.25, 0.3) is 11.3 Å². The first-order valence-electron chi connectivity index (χ1n) is 8.97. The van der Waals surface area contributed by atoms with Crippen LogP contribution in [0, 0.1) is 0 Å². The number of aromatic nitrogens is 5. The highest BCUT2D eigenvalue weighted by Crippen LogP contribution is 2.34. The third kappa shape index (κ3) is 3.99. The monoisotopic (exact) mass is 386 g/mol. The van der Waals surface area contributed by atoms with Gasteiger partial charge in [-0.05, 0) is 12.1 Å². The van der Waals surface area contributed by atoms with Gasteiger partial charge in [-0.15, -0.1) is 0 Å². The van der Waals surface area contributed by atoms with Crippen molar-refractivity contribution >= 4 is 0 Å². The largest absolute Gasteiger partial charge is 0.466 e. The van der Waals surface area contributed by atoms with Gasteiger partial charge in [-0.3, -0.25) is 14.6 Å². The Labute approximate surface area is 161 Å². The minimum absolute atomic E-state index is 0.110. The topological polar surface area (TPSA) is 69.0 Å². The zero-order valence-corrected chi connectivity index (χ0v) is 15.4. The van der Waals surface area contributed by atoms with Gasteiger partial charge in [-0.2, -0.15) is 5.10 Å². The second-order valence-corrected chi connectivity index (χ2v) is 6.84. The Morgan fingerprint density at radius 2 is 1.96 bits per heavy atom. The molecule has 146 valence electrons. The van der Waals surface area contributed by atoms with Gasteiger partial charge in [-0.25, -0.2) is 18.7 Å². The molecule has 0 spiro atoms. The lowest BCUT2D eigenvalue weighted by molar-refractivity contribution is -0.141.